The molecular formula is C29H42Cl2N10O. The highest BCUT2D eigenvalue weighted by atomic mass is 35.5. The van der Waals surface area contributed by atoms with E-state index in [-0.39, 0.29) is 5.91 Å². The van der Waals surface area contributed by atoms with E-state index in [1.807, 2.05) is 35.1 Å². The summed E-state index contributed by atoms with van der Waals surface area (Å²) < 4.78 is 1.89. The quantitative estimate of drug-likeness (QED) is 0.184. The van der Waals surface area contributed by atoms with Gasteiger partial charge in [0.05, 0.1) is 18.3 Å². The van der Waals surface area contributed by atoms with Crippen LogP contribution in [-0.4, -0.2) is 92.5 Å². The number of aromatic nitrogens is 5. The SMILES string of the molecule is O=C(C(Cl)Cl)N1CCN(c2nc(NCc3cn(CCCNCCCNC4CCCCC4)nn3)nc3ccccc23)CC1. The predicted octanol–water partition coefficient (Wildman–Crippen LogP) is 3.58. The van der Waals surface area contributed by atoms with Gasteiger partial charge in [0.15, 0.2) is 4.84 Å². The Morgan fingerprint density at radius 1 is 0.976 bits per heavy atom. The molecule has 42 heavy (non-hydrogen) atoms. The van der Waals surface area contributed by atoms with Gasteiger partial charge in [-0.05, 0) is 57.5 Å². The Bertz CT molecular complexity index is 1270. The zero-order valence-electron chi connectivity index (χ0n) is 24.1. The van der Waals surface area contributed by atoms with Crippen molar-refractivity contribution in [3.63, 3.8) is 0 Å². The Balaban J connectivity index is 1.06. The minimum atomic E-state index is -1.04. The normalized spacial score (nSPS) is 16.5. The Hall–Kier alpha value is -2.73. The lowest BCUT2D eigenvalue weighted by atomic mass is 9.95. The van der Waals surface area contributed by atoms with Crippen LogP contribution in [0.25, 0.3) is 10.9 Å². The predicted molar refractivity (Wildman–Crippen MR) is 168 cm³/mol. The van der Waals surface area contributed by atoms with Crippen molar-refractivity contribution in [3.8, 4) is 0 Å². The number of nitrogens with zero attached hydrogens (tertiary/aromatic N) is 7. The Morgan fingerprint density at radius 2 is 1.76 bits per heavy atom. The number of amides is 1. The average molecular weight is 618 g/mol. The number of alkyl halides is 2. The van der Waals surface area contributed by atoms with Crippen LogP contribution in [0.15, 0.2) is 30.5 Å². The summed E-state index contributed by atoms with van der Waals surface area (Å²) in [5.74, 6) is 1.11. The van der Waals surface area contributed by atoms with E-state index in [9.17, 15) is 4.79 Å². The molecule has 1 saturated heterocycles. The Kier molecular flexibility index (Phi) is 11.5. The Morgan fingerprint density at radius 3 is 2.57 bits per heavy atom. The molecule has 1 aliphatic heterocycles. The van der Waals surface area contributed by atoms with Crippen molar-refractivity contribution in [2.24, 2.45) is 0 Å². The monoisotopic (exact) mass is 616 g/mol. The highest BCUT2D eigenvalue weighted by Gasteiger charge is 2.26. The van der Waals surface area contributed by atoms with Crippen molar-refractivity contribution in [2.75, 3.05) is 56.0 Å². The standard InChI is InChI=1S/C29H42Cl2N10O/c30-26(31)28(42)40-18-16-39(17-19-40)27-24-10-4-5-11-25(24)35-29(36-27)34-20-23-21-41(38-37-23)15-7-13-32-12-6-14-33-22-8-2-1-3-9-22/h4-5,10-11,21-22,26,32-33H,1-3,6-9,12-20H2,(H,34,35,36). The van der Waals surface area contributed by atoms with Gasteiger partial charge in [-0.25, -0.2) is 4.98 Å². The maximum absolute atomic E-state index is 12.2. The summed E-state index contributed by atoms with van der Waals surface area (Å²) >= 11 is 11.6. The number of anilines is 2. The number of carbonyl (C=O) groups is 1. The van der Waals surface area contributed by atoms with Gasteiger partial charge in [0.1, 0.15) is 11.5 Å². The maximum Gasteiger partial charge on any atom is 0.255 e. The number of halogens is 2. The van der Waals surface area contributed by atoms with E-state index in [1.165, 1.54) is 32.1 Å². The van der Waals surface area contributed by atoms with Crippen LogP contribution in [-0.2, 0) is 17.9 Å². The van der Waals surface area contributed by atoms with Crippen molar-refractivity contribution in [2.45, 2.75) is 68.9 Å². The molecule has 3 aromatic rings. The molecule has 5 rings (SSSR count). The first-order chi connectivity index (χ1) is 20.6. The molecule has 1 aromatic carbocycles. The number of carbonyl (C=O) groups excluding carboxylic acids is 1. The number of piperazine rings is 1. The first-order valence-corrected chi connectivity index (χ1v) is 16.1. The first kappa shape index (κ1) is 30.7. The smallest absolute Gasteiger partial charge is 0.255 e. The summed E-state index contributed by atoms with van der Waals surface area (Å²) in [4.78, 5) is 24.6. The molecule has 0 spiro atoms. The van der Waals surface area contributed by atoms with Crippen molar-refractivity contribution < 1.29 is 4.79 Å². The lowest BCUT2D eigenvalue weighted by Gasteiger charge is -2.36. The van der Waals surface area contributed by atoms with E-state index in [0.29, 0.717) is 38.7 Å². The Labute approximate surface area is 257 Å². The number of hydrogen-bond donors (Lipinski definition) is 3. The fraction of sp³-hybridized carbons (Fsp3) is 0.621. The molecule has 13 heteroatoms. The van der Waals surface area contributed by atoms with Gasteiger partial charge in [0.25, 0.3) is 5.91 Å². The van der Waals surface area contributed by atoms with Gasteiger partial charge in [0, 0.05) is 44.2 Å². The van der Waals surface area contributed by atoms with Crippen LogP contribution in [0.3, 0.4) is 0 Å². The average Bonchev–Trinajstić information content (AvgIpc) is 3.48. The van der Waals surface area contributed by atoms with Crippen LogP contribution < -0.4 is 20.9 Å². The summed E-state index contributed by atoms with van der Waals surface area (Å²) in [5.41, 5.74) is 1.69. The fourth-order valence-corrected chi connectivity index (χ4v) is 5.95. The summed E-state index contributed by atoms with van der Waals surface area (Å²) in [5, 5.41) is 20.2. The molecule has 228 valence electrons. The number of hydrogen-bond acceptors (Lipinski definition) is 9. The largest absolute Gasteiger partial charge is 0.352 e. The van der Waals surface area contributed by atoms with Crippen LogP contribution in [0.2, 0.25) is 0 Å². The third kappa shape index (κ3) is 8.65. The number of fused-ring (bicyclic) bond motifs is 1. The molecule has 3 N–H and O–H groups in total. The molecule has 1 saturated carbocycles. The van der Waals surface area contributed by atoms with E-state index in [2.05, 4.69) is 31.2 Å². The van der Waals surface area contributed by atoms with Gasteiger partial charge in [-0.1, -0.05) is 59.8 Å². The van der Waals surface area contributed by atoms with Crippen molar-refractivity contribution in [3.05, 3.63) is 36.2 Å². The van der Waals surface area contributed by atoms with E-state index < -0.39 is 4.84 Å². The van der Waals surface area contributed by atoms with Crippen LogP contribution >= 0.6 is 23.2 Å². The van der Waals surface area contributed by atoms with Gasteiger partial charge in [-0.15, -0.1) is 5.10 Å². The second kappa shape index (κ2) is 15.7. The molecule has 1 amide bonds. The molecule has 0 bridgehead atoms. The van der Waals surface area contributed by atoms with E-state index in [0.717, 1.165) is 67.5 Å². The summed E-state index contributed by atoms with van der Waals surface area (Å²) in [7, 11) is 0. The zero-order chi connectivity index (χ0) is 29.1. The van der Waals surface area contributed by atoms with Gasteiger partial charge >= 0.3 is 0 Å². The topological polar surface area (TPSA) is 116 Å². The summed E-state index contributed by atoms with van der Waals surface area (Å²) in [6, 6.07) is 8.69. The molecule has 1 aliphatic carbocycles. The van der Waals surface area contributed by atoms with Crippen LogP contribution in [0.4, 0.5) is 11.8 Å². The zero-order valence-corrected chi connectivity index (χ0v) is 25.7. The lowest BCUT2D eigenvalue weighted by Crippen LogP contribution is -2.50. The second-order valence-corrected chi connectivity index (χ2v) is 12.2. The molecule has 0 unspecified atom stereocenters. The highest BCUT2D eigenvalue weighted by Crippen LogP contribution is 2.27. The number of aryl methyl sites for hydroxylation is 1. The van der Waals surface area contributed by atoms with Gasteiger partial charge in [-0.2, -0.15) is 4.98 Å². The molecule has 0 radical (unpaired) electrons. The van der Waals surface area contributed by atoms with Crippen LogP contribution in [0, 0.1) is 0 Å². The second-order valence-electron chi connectivity index (χ2n) is 11.1. The number of para-hydroxylation sites is 1. The fourth-order valence-electron chi connectivity index (χ4n) is 5.67. The first-order valence-electron chi connectivity index (χ1n) is 15.2. The highest BCUT2D eigenvalue weighted by molar-refractivity contribution is 6.53. The summed E-state index contributed by atoms with van der Waals surface area (Å²) in [6.45, 7) is 6.72. The molecule has 3 heterocycles. The summed E-state index contributed by atoms with van der Waals surface area (Å²) in [6.07, 6.45) is 11.0. The molecular weight excluding hydrogens is 575 g/mol. The van der Waals surface area contributed by atoms with Gasteiger partial charge in [0.2, 0.25) is 5.95 Å². The molecule has 2 fully saturated rings. The van der Waals surface area contributed by atoms with Crippen LogP contribution in [0.1, 0.15) is 50.6 Å². The third-order valence-electron chi connectivity index (χ3n) is 7.98. The van der Waals surface area contributed by atoms with Gasteiger partial charge in [-0.3, -0.25) is 9.48 Å². The molecule has 11 nitrogen and oxygen atoms in total. The van der Waals surface area contributed by atoms with Crippen molar-refractivity contribution in [1.29, 1.82) is 0 Å². The molecule has 0 atom stereocenters. The number of benzene rings is 1. The number of nitrogens with one attached hydrogen (secondary N) is 3. The van der Waals surface area contributed by atoms with Crippen LogP contribution in [0.5, 0.6) is 0 Å². The number of rotatable bonds is 14. The minimum absolute atomic E-state index is 0.255. The van der Waals surface area contributed by atoms with E-state index >= 15 is 0 Å². The van der Waals surface area contributed by atoms with Crippen molar-refractivity contribution in [1.82, 2.24) is 40.5 Å². The third-order valence-corrected chi connectivity index (χ3v) is 8.36. The van der Waals surface area contributed by atoms with Crippen molar-refractivity contribution >= 4 is 51.8 Å². The lowest BCUT2D eigenvalue weighted by molar-refractivity contribution is -0.129. The maximum atomic E-state index is 12.2. The minimum Gasteiger partial charge on any atom is -0.352 e. The molecule has 2 aliphatic rings. The van der Waals surface area contributed by atoms with E-state index in [1.54, 1.807) is 4.90 Å². The van der Waals surface area contributed by atoms with E-state index in [4.69, 9.17) is 33.2 Å². The van der Waals surface area contributed by atoms with Gasteiger partial charge < -0.3 is 25.8 Å². The molecule has 2 aromatic heterocycles.